The van der Waals surface area contributed by atoms with Crippen molar-refractivity contribution in [2.24, 2.45) is 0 Å². The van der Waals surface area contributed by atoms with Crippen molar-refractivity contribution in [3.05, 3.63) is 29.5 Å². The molecule has 0 bridgehead atoms. The highest BCUT2D eigenvalue weighted by Crippen LogP contribution is 2.22. The van der Waals surface area contributed by atoms with Gasteiger partial charge >= 0.3 is 0 Å². The normalized spacial score (nSPS) is 9.73. The molecule has 1 heterocycles. The van der Waals surface area contributed by atoms with Crippen LogP contribution >= 0.6 is 0 Å². The summed E-state index contributed by atoms with van der Waals surface area (Å²) in [5.74, 6) is 0. The van der Waals surface area contributed by atoms with Crippen molar-refractivity contribution in [3.8, 4) is 12.1 Å². The second-order valence-corrected chi connectivity index (χ2v) is 3.09. The van der Waals surface area contributed by atoms with E-state index in [1.807, 2.05) is 24.3 Å². The number of benzene rings is 1. The van der Waals surface area contributed by atoms with E-state index in [2.05, 4.69) is 11.2 Å². The minimum atomic E-state index is 0.225. The molecule has 0 aliphatic carbocycles. The van der Waals surface area contributed by atoms with E-state index in [-0.39, 0.29) is 6.42 Å². The molecule has 0 amide bonds. The molecule has 1 aromatic carbocycles. The van der Waals surface area contributed by atoms with Crippen molar-refractivity contribution in [3.63, 3.8) is 0 Å². The molecule has 72 valence electrons. The minimum absolute atomic E-state index is 0.225. The van der Waals surface area contributed by atoms with E-state index < -0.39 is 0 Å². The van der Waals surface area contributed by atoms with E-state index in [4.69, 9.17) is 15.0 Å². The number of aromatic nitrogens is 1. The molecule has 0 N–H and O–H groups in total. The van der Waals surface area contributed by atoms with E-state index >= 15 is 0 Å². The topological polar surface area (TPSA) is 73.6 Å². The predicted octanol–water partition coefficient (Wildman–Crippen LogP) is 1.96. The van der Waals surface area contributed by atoms with Crippen molar-refractivity contribution >= 4 is 11.0 Å². The zero-order chi connectivity index (χ0) is 10.7. The van der Waals surface area contributed by atoms with E-state index in [1.54, 1.807) is 0 Å². The Morgan fingerprint density at radius 2 is 2.00 bits per heavy atom. The summed E-state index contributed by atoms with van der Waals surface area (Å²) in [6, 6.07) is 9.60. The van der Waals surface area contributed by atoms with E-state index in [1.165, 1.54) is 0 Å². The Hall–Kier alpha value is -2.33. The highest BCUT2D eigenvalue weighted by molar-refractivity contribution is 5.82. The van der Waals surface area contributed by atoms with Gasteiger partial charge in [-0.2, -0.15) is 10.5 Å². The molecule has 0 fully saturated rings. The maximum Gasteiger partial charge on any atom is 0.171 e. The predicted molar refractivity (Wildman–Crippen MR) is 52.6 cm³/mol. The fourth-order valence-corrected chi connectivity index (χ4v) is 1.50. The van der Waals surface area contributed by atoms with Crippen LogP contribution in [0.4, 0.5) is 0 Å². The summed E-state index contributed by atoms with van der Waals surface area (Å²) in [7, 11) is 0. The summed E-state index contributed by atoms with van der Waals surface area (Å²) in [5.41, 5.74) is 2.06. The van der Waals surface area contributed by atoms with Gasteiger partial charge in [-0.25, -0.2) is 0 Å². The molecule has 2 rings (SSSR count). The summed E-state index contributed by atoms with van der Waals surface area (Å²) >= 11 is 0. The van der Waals surface area contributed by atoms with Gasteiger partial charge in [0, 0.05) is 10.9 Å². The maximum atomic E-state index is 8.62. The molecule has 0 radical (unpaired) electrons. The van der Waals surface area contributed by atoms with Gasteiger partial charge in [0.05, 0.1) is 25.0 Å². The Balaban J connectivity index is 2.60. The summed E-state index contributed by atoms with van der Waals surface area (Å²) in [6.07, 6.45) is 0.515. The van der Waals surface area contributed by atoms with Gasteiger partial charge in [0.1, 0.15) is 5.69 Å². The maximum absolute atomic E-state index is 8.62. The van der Waals surface area contributed by atoms with Gasteiger partial charge in [0.2, 0.25) is 0 Å². The molecular weight excluding hydrogens is 190 g/mol. The summed E-state index contributed by atoms with van der Waals surface area (Å²) < 4.78 is 5.13. The lowest BCUT2D eigenvalue weighted by molar-refractivity contribution is 0.447. The standard InChI is InChI=1S/C11H7N3O/c12-6-4-8-2-1-3-9-10(5-7-13)14-15-11(8)9/h1-3H,4-5H2. The summed E-state index contributed by atoms with van der Waals surface area (Å²) in [4.78, 5) is 0. The number of rotatable bonds is 2. The number of hydrogen-bond acceptors (Lipinski definition) is 4. The molecule has 2 aromatic rings. The van der Waals surface area contributed by atoms with E-state index in [0.29, 0.717) is 17.7 Å². The molecular formula is C11H7N3O. The first-order valence-electron chi connectivity index (χ1n) is 4.47. The molecule has 0 unspecified atom stereocenters. The fraction of sp³-hybridized carbons (Fsp3) is 0.182. The summed E-state index contributed by atoms with van der Waals surface area (Å²) in [6.45, 7) is 0. The fourth-order valence-electron chi connectivity index (χ4n) is 1.50. The average Bonchev–Trinajstić information content (AvgIpc) is 2.64. The van der Waals surface area contributed by atoms with Crippen LogP contribution in [0.5, 0.6) is 0 Å². The van der Waals surface area contributed by atoms with Crippen molar-refractivity contribution in [2.45, 2.75) is 12.8 Å². The highest BCUT2D eigenvalue weighted by Gasteiger charge is 2.10. The number of fused-ring (bicyclic) bond motifs is 1. The van der Waals surface area contributed by atoms with Crippen LogP contribution in [0.2, 0.25) is 0 Å². The smallest absolute Gasteiger partial charge is 0.171 e. The molecule has 0 aliphatic rings. The molecule has 4 nitrogen and oxygen atoms in total. The number of nitrogens with zero attached hydrogens (tertiary/aromatic N) is 3. The van der Waals surface area contributed by atoms with Crippen LogP contribution in [-0.4, -0.2) is 5.16 Å². The van der Waals surface area contributed by atoms with Crippen molar-refractivity contribution in [1.82, 2.24) is 5.16 Å². The molecule has 0 saturated carbocycles. The van der Waals surface area contributed by atoms with Gasteiger partial charge in [0.25, 0.3) is 0 Å². The quantitative estimate of drug-likeness (QED) is 0.737. The molecule has 0 spiro atoms. The Bertz CT molecular complexity index is 572. The lowest BCUT2D eigenvalue weighted by Crippen LogP contribution is -1.83. The van der Waals surface area contributed by atoms with Crippen molar-refractivity contribution in [2.75, 3.05) is 0 Å². The second kappa shape index (κ2) is 3.81. The third-order valence-corrected chi connectivity index (χ3v) is 2.17. The Labute approximate surface area is 86.3 Å². The zero-order valence-electron chi connectivity index (χ0n) is 7.90. The number of nitriles is 2. The Morgan fingerprint density at radius 1 is 1.20 bits per heavy atom. The van der Waals surface area contributed by atoms with E-state index in [0.717, 1.165) is 10.9 Å². The van der Waals surface area contributed by atoms with Gasteiger partial charge in [-0.3, -0.25) is 0 Å². The van der Waals surface area contributed by atoms with Crippen LogP contribution in [0.3, 0.4) is 0 Å². The van der Waals surface area contributed by atoms with Crippen LogP contribution in [0, 0.1) is 22.7 Å². The molecule has 4 heteroatoms. The molecule has 0 aliphatic heterocycles. The average molecular weight is 197 g/mol. The lowest BCUT2D eigenvalue weighted by Gasteiger charge is -1.93. The first-order chi connectivity index (χ1) is 7.36. The van der Waals surface area contributed by atoms with Crippen LogP contribution < -0.4 is 0 Å². The van der Waals surface area contributed by atoms with E-state index in [9.17, 15) is 0 Å². The minimum Gasteiger partial charge on any atom is -0.356 e. The Kier molecular flexibility index (Phi) is 2.35. The van der Waals surface area contributed by atoms with Gasteiger partial charge < -0.3 is 4.52 Å². The van der Waals surface area contributed by atoms with Gasteiger partial charge in [-0.05, 0) is 6.07 Å². The van der Waals surface area contributed by atoms with Gasteiger partial charge in [-0.15, -0.1) is 0 Å². The highest BCUT2D eigenvalue weighted by atomic mass is 16.5. The van der Waals surface area contributed by atoms with Gasteiger partial charge in [-0.1, -0.05) is 17.3 Å². The summed E-state index contributed by atoms with van der Waals surface area (Å²) in [5, 5.41) is 21.9. The SMILES string of the molecule is N#CCc1noc2c(CC#N)cccc12. The Morgan fingerprint density at radius 3 is 2.73 bits per heavy atom. The third kappa shape index (κ3) is 1.53. The van der Waals surface area contributed by atoms with Crippen LogP contribution in [0.25, 0.3) is 11.0 Å². The van der Waals surface area contributed by atoms with Gasteiger partial charge in [0.15, 0.2) is 5.58 Å². The monoisotopic (exact) mass is 197 g/mol. The first kappa shape index (κ1) is 9.23. The zero-order valence-corrected chi connectivity index (χ0v) is 7.90. The molecule has 15 heavy (non-hydrogen) atoms. The second-order valence-electron chi connectivity index (χ2n) is 3.09. The number of para-hydroxylation sites is 1. The third-order valence-electron chi connectivity index (χ3n) is 2.17. The number of hydrogen-bond donors (Lipinski definition) is 0. The van der Waals surface area contributed by atoms with Crippen LogP contribution in [0.1, 0.15) is 11.3 Å². The van der Waals surface area contributed by atoms with Crippen LogP contribution in [0.15, 0.2) is 22.7 Å². The molecule has 0 atom stereocenters. The van der Waals surface area contributed by atoms with Crippen molar-refractivity contribution < 1.29 is 4.52 Å². The first-order valence-corrected chi connectivity index (χ1v) is 4.47. The lowest BCUT2D eigenvalue weighted by atomic mass is 10.1. The molecule has 1 aromatic heterocycles. The van der Waals surface area contributed by atoms with Crippen molar-refractivity contribution in [1.29, 1.82) is 10.5 Å². The largest absolute Gasteiger partial charge is 0.356 e. The molecule has 0 saturated heterocycles. The van der Waals surface area contributed by atoms with Crippen LogP contribution in [-0.2, 0) is 12.8 Å².